The van der Waals surface area contributed by atoms with Crippen LogP contribution in [0.4, 0.5) is 0 Å². The first kappa shape index (κ1) is 23.8. The summed E-state index contributed by atoms with van der Waals surface area (Å²) >= 11 is 0. The summed E-state index contributed by atoms with van der Waals surface area (Å²) in [4.78, 5) is 16.9. The number of benzene rings is 1. The number of hydrogen-bond donors (Lipinski definition) is 1. The van der Waals surface area contributed by atoms with E-state index in [1.54, 1.807) is 12.1 Å². The van der Waals surface area contributed by atoms with Gasteiger partial charge in [0.1, 0.15) is 0 Å². The van der Waals surface area contributed by atoms with Crippen LogP contribution in [0.2, 0.25) is 0 Å². The standard InChI is InChI=1S/C21H36N4O3S/c1-4-19-7-9-20(10-8-19)29(27,28)25(18-17-23(5-2)6-3)14-11-21(26)24-15-12-22-13-16-24/h7-10,22H,4-6,11-18H2,1-3H3. The van der Waals surface area contributed by atoms with E-state index in [4.69, 9.17) is 0 Å². The van der Waals surface area contributed by atoms with E-state index in [1.165, 1.54) is 4.31 Å². The third-order valence-electron chi connectivity index (χ3n) is 5.57. The lowest BCUT2D eigenvalue weighted by Crippen LogP contribution is -2.47. The molecule has 0 unspecified atom stereocenters. The first-order valence-corrected chi connectivity index (χ1v) is 12.2. The monoisotopic (exact) mass is 424 g/mol. The molecule has 0 radical (unpaired) electrons. The Hall–Kier alpha value is -1.48. The number of carbonyl (C=O) groups is 1. The fraction of sp³-hybridized carbons (Fsp3) is 0.667. The van der Waals surface area contributed by atoms with E-state index in [0.717, 1.165) is 38.2 Å². The number of amides is 1. The lowest BCUT2D eigenvalue weighted by atomic mass is 10.2. The van der Waals surface area contributed by atoms with Crippen LogP contribution in [-0.2, 0) is 21.2 Å². The number of rotatable bonds is 11. The average Bonchev–Trinajstić information content (AvgIpc) is 2.76. The van der Waals surface area contributed by atoms with Gasteiger partial charge in [0.2, 0.25) is 15.9 Å². The van der Waals surface area contributed by atoms with Gasteiger partial charge in [0.15, 0.2) is 0 Å². The van der Waals surface area contributed by atoms with Crippen LogP contribution >= 0.6 is 0 Å². The van der Waals surface area contributed by atoms with Gasteiger partial charge in [0.05, 0.1) is 4.90 Å². The molecule has 8 heteroatoms. The van der Waals surface area contributed by atoms with E-state index in [2.05, 4.69) is 24.1 Å². The molecule has 0 bridgehead atoms. The molecule has 0 aromatic heterocycles. The number of sulfonamides is 1. The summed E-state index contributed by atoms with van der Waals surface area (Å²) in [6.07, 6.45) is 1.08. The minimum Gasteiger partial charge on any atom is -0.340 e. The normalized spacial score (nSPS) is 15.3. The molecular weight excluding hydrogens is 388 g/mol. The summed E-state index contributed by atoms with van der Waals surface area (Å²) < 4.78 is 28.0. The van der Waals surface area contributed by atoms with Crippen molar-refractivity contribution in [3.05, 3.63) is 29.8 Å². The summed E-state index contributed by atoms with van der Waals surface area (Å²) in [5, 5.41) is 3.23. The molecule has 1 aliphatic heterocycles. The van der Waals surface area contributed by atoms with E-state index in [1.807, 2.05) is 24.0 Å². The van der Waals surface area contributed by atoms with Crippen LogP contribution in [0.1, 0.15) is 32.8 Å². The molecule has 0 aliphatic carbocycles. The quantitative estimate of drug-likeness (QED) is 0.581. The van der Waals surface area contributed by atoms with Crippen molar-refractivity contribution in [2.24, 2.45) is 0 Å². The number of nitrogens with one attached hydrogen (secondary N) is 1. The van der Waals surface area contributed by atoms with E-state index in [9.17, 15) is 13.2 Å². The summed E-state index contributed by atoms with van der Waals surface area (Å²) in [6, 6.07) is 7.08. The molecule has 0 spiro atoms. The van der Waals surface area contributed by atoms with Crippen molar-refractivity contribution in [2.45, 2.75) is 38.5 Å². The molecule has 1 aliphatic rings. The lowest BCUT2D eigenvalue weighted by molar-refractivity contribution is -0.131. The number of carbonyl (C=O) groups excluding carboxylic acids is 1. The molecule has 1 fully saturated rings. The second-order valence-electron chi connectivity index (χ2n) is 7.31. The Morgan fingerprint density at radius 3 is 2.17 bits per heavy atom. The average molecular weight is 425 g/mol. The molecule has 29 heavy (non-hydrogen) atoms. The zero-order chi connectivity index (χ0) is 21.3. The Kier molecular flexibility index (Phi) is 9.55. The number of piperazine rings is 1. The zero-order valence-electron chi connectivity index (χ0n) is 18.1. The first-order valence-electron chi connectivity index (χ1n) is 10.7. The Morgan fingerprint density at radius 1 is 1.00 bits per heavy atom. The first-order chi connectivity index (χ1) is 13.9. The largest absolute Gasteiger partial charge is 0.340 e. The van der Waals surface area contributed by atoms with Gasteiger partial charge in [-0.1, -0.05) is 32.9 Å². The highest BCUT2D eigenvalue weighted by Crippen LogP contribution is 2.18. The van der Waals surface area contributed by atoms with Gasteiger partial charge < -0.3 is 15.1 Å². The van der Waals surface area contributed by atoms with Crippen LogP contribution in [0.3, 0.4) is 0 Å². The summed E-state index contributed by atoms with van der Waals surface area (Å²) in [5.41, 5.74) is 1.10. The van der Waals surface area contributed by atoms with Gasteiger partial charge in [0, 0.05) is 52.2 Å². The molecule has 164 valence electrons. The topological polar surface area (TPSA) is 73.0 Å². The number of nitrogens with zero attached hydrogens (tertiary/aromatic N) is 3. The fourth-order valence-corrected chi connectivity index (χ4v) is 4.92. The second-order valence-corrected chi connectivity index (χ2v) is 9.25. The number of aryl methyl sites for hydroxylation is 1. The van der Waals surface area contributed by atoms with Crippen molar-refractivity contribution < 1.29 is 13.2 Å². The van der Waals surface area contributed by atoms with Crippen molar-refractivity contribution in [3.8, 4) is 0 Å². The van der Waals surface area contributed by atoms with E-state index in [0.29, 0.717) is 31.1 Å². The van der Waals surface area contributed by atoms with Crippen LogP contribution < -0.4 is 5.32 Å². The summed E-state index contributed by atoms with van der Waals surface area (Å²) in [7, 11) is -3.64. The predicted octanol–water partition coefficient (Wildman–Crippen LogP) is 1.40. The van der Waals surface area contributed by atoms with Crippen LogP contribution in [0.15, 0.2) is 29.2 Å². The highest BCUT2D eigenvalue weighted by molar-refractivity contribution is 7.89. The molecule has 2 rings (SSSR count). The molecule has 7 nitrogen and oxygen atoms in total. The smallest absolute Gasteiger partial charge is 0.243 e. The fourth-order valence-electron chi connectivity index (χ4n) is 3.48. The minimum atomic E-state index is -3.64. The van der Waals surface area contributed by atoms with E-state index in [-0.39, 0.29) is 18.9 Å². The Morgan fingerprint density at radius 2 is 1.62 bits per heavy atom. The molecular formula is C21H36N4O3S. The third kappa shape index (κ3) is 6.77. The molecule has 1 N–H and O–H groups in total. The number of likely N-dealkylation sites (N-methyl/N-ethyl adjacent to an activating group) is 1. The van der Waals surface area contributed by atoms with Gasteiger partial charge >= 0.3 is 0 Å². The summed E-state index contributed by atoms with van der Waals surface area (Å²) in [5.74, 6) is 0.0240. The van der Waals surface area contributed by atoms with Gasteiger partial charge in [-0.2, -0.15) is 4.31 Å². The van der Waals surface area contributed by atoms with E-state index >= 15 is 0 Å². The molecule has 1 saturated heterocycles. The molecule has 0 saturated carbocycles. The predicted molar refractivity (Wildman–Crippen MR) is 116 cm³/mol. The van der Waals surface area contributed by atoms with Crippen molar-refractivity contribution in [2.75, 3.05) is 58.9 Å². The van der Waals surface area contributed by atoms with Crippen molar-refractivity contribution in [3.63, 3.8) is 0 Å². The maximum Gasteiger partial charge on any atom is 0.243 e. The lowest BCUT2D eigenvalue weighted by Gasteiger charge is -2.29. The van der Waals surface area contributed by atoms with Gasteiger partial charge in [-0.25, -0.2) is 8.42 Å². The van der Waals surface area contributed by atoms with Crippen LogP contribution in [0, 0.1) is 0 Å². The van der Waals surface area contributed by atoms with Gasteiger partial charge in [0.25, 0.3) is 0 Å². The van der Waals surface area contributed by atoms with Crippen molar-refractivity contribution in [1.82, 2.24) is 19.4 Å². The maximum absolute atomic E-state index is 13.3. The second kappa shape index (κ2) is 11.6. The number of hydrogen-bond acceptors (Lipinski definition) is 5. The molecule has 1 aromatic carbocycles. The summed E-state index contributed by atoms with van der Waals surface area (Å²) in [6.45, 7) is 12.1. The third-order valence-corrected chi connectivity index (χ3v) is 7.49. The highest BCUT2D eigenvalue weighted by atomic mass is 32.2. The van der Waals surface area contributed by atoms with Gasteiger partial charge in [-0.3, -0.25) is 4.79 Å². The Bertz CT molecular complexity index is 727. The minimum absolute atomic E-state index is 0.0240. The van der Waals surface area contributed by atoms with Gasteiger partial charge in [-0.05, 0) is 37.2 Å². The Labute approximate surface area is 176 Å². The van der Waals surface area contributed by atoms with Crippen molar-refractivity contribution >= 4 is 15.9 Å². The van der Waals surface area contributed by atoms with E-state index < -0.39 is 10.0 Å². The Balaban J connectivity index is 2.12. The van der Waals surface area contributed by atoms with Crippen LogP contribution in [0.25, 0.3) is 0 Å². The molecule has 0 atom stereocenters. The molecule has 1 aromatic rings. The van der Waals surface area contributed by atoms with Gasteiger partial charge in [-0.15, -0.1) is 0 Å². The van der Waals surface area contributed by atoms with Crippen LogP contribution in [-0.4, -0.2) is 87.3 Å². The SMILES string of the molecule is CCc1ccc(S(=O)(=O)N(CCC(=O)N2CCNCC2)CCN(CC)CC)cc1. The zero-order valence-corrected chi connectivity index (χ0v) is 18.9. The highest BCUT2D eigenvalue weighted by Gasteiger charge is 2.26. The molecule has 1 amide bonds. The molecule has 1 heterocycles. The van der Waals surface area contributed by atoms with Crippen LogP contribution in [0.5, 0.6) is 0 Å². The van der Waals surface area contributed by atoms with Crippen molar-refractivity contribution in [1.29, 1.82) is 0 Å². The maximum atomic E-state index is 13.3.